The van der Waals surface area contributed by atoms with Crippen LogP contribution in [0.3, 0.4) is 0 Å². The summed E-state index contributed by atoms with van der Waals surface area (Å²) in [5.74, 6) is 0.771. The van der Waals surface area contributed by atoms with Crippen LogP contribution in [0.1, 0.15) is 5.56 Å². The molecule has 0 saturated heterocycles. The van der Waals surface area contributed by atoms with E-state index in [2.05, 4.69) is 25.3 Å². The van der Waals surface area contributed by atoms with Gasteiger partial charge in [-0.2, -0.15) is 0 Å². The predicted octanol–water partition coefficient (Wildman–Crippen LogP) is 4.29. The van der Waals surface area contributed by atoms with Crippen molar-refractivity contribution in [3.05, 3.63) is 71.8 Å². The highest BCUT2D eigenvalue weighted by Gasteiger charge is 2.08. The number of anilines is 1. The summed E-state index contributed by atoms with van der Waals surface area (Å²) in [5.41, 5.74) is 3.84. The number of nitrogens with one attached hydrogen (secondary N) is 2. The van der Waals surface area contributed by atoms with E-state index in [4.69, 9.17) is 11.6 Å². The third-order valence-corrected chi connectivity index (χ3v) is 4.03. The molecule has 6 heteroatoms. The molecule has 0 radical (unpaired) electrons. The van der Waals surface area contributed by atoms with Gasteiger partial charge in [0.2, 0.25) is 0 Å². The number of aromatic nitrogens is 4. The fourth-order valence-electron chi connectivity index (χ4n) is 2.56. The van der Waals surface area contributed by atoms with E-state index >= 15 is 0 Å². The normalized spacial score (nSPS) is 10.9. The maximum absolute atomic E-state index is 5.91. The highest BCUT2D eigenvalue weighted by Crippen LogP contribution is 2.26. The number of hydrogen-bond acceptors (Lipinski definition) is 4. The second-order valence-electron chi connectivity index (χ2n) is 5.37. The van der Waals surface area contributed by atoms with Gasteiger partial charge in [0.15, 0.2) is 0 Å². The van der Waals surface area contributed by atoms with Crippen LogP contribution in [0.25, 0.3) is 22.3 Å². The minimum Gasteiger partial charge on any atom is -0.366 e. The van der Waals surface area contributed by atoms with Gasteiger partial charge >= 0.3 is 0 Å². The molecule has 1 aromatic carbocycles. The van der Waals surface area contributed by atoms with E-state index < -0.39 is 0 Å². The first-order chi connectivity index (χ1) is 11.8. The predicted molar refractivity (Wildman–Crippen MR) is 95.9 cm³/mol. The Kier molecular flexibility index (Phi) is 3.84. The molecule has 24 heavy (non-hydrogen) atoms. The number of benzene rings is 1. The van der Waals surface area contributed by atoms with Gasteiger partial charge in [-0.25, -0.2) is 15.0 Å². The molecule has 0 aliphatic rings. The monoisotopic (exact) mass is 335 g/mol. The lowest BCUT2D eigenvalue weighted by Gasteiger charge is -2.07. The van der Waals surface area contributed by atoms with Crippen molar-refractivity contribution in [2.45, 2.75) is 6.54 Å². The van der Waals surface area contributed by atoms with Crippen molar-refractivity contribution in [1.29, 1.82) is 0 Å². The fraction of sp³-hybridized carbons (Fsp3) is 0.0556. The zero-order chi connectivity index (χ0) is 16.4. The fourth-order valence-corrected chi connectivity index (χ4v) is 2.69. The third-order valence-electron chi connectivity index (χ3n) is 3.78. The average molecular weight is 336 g/mol. The van der Waals surface area contributed by atoms with Gasteiger partial charge in [0.05, 0.1) is 5.69 Å². The molecule has 3 aromatic heterocycles. The molecule has 0 atom stereocenters. The van der Waals surface area contributed by atoms with Gasteiger partial charge in [0.25, 0.3) is 0 Å². The van der Waals surface area contributed by atoms with Crippen LogP contribution in [0.2, 0.25) is 5.02 Å². The number of pyridine rings is 1. The second-order valence-corrected chi connectivity index (χ2v) is 5.81. The van der Waals surface area contributed by atoms with Gasteiger partial charge in [0, 0.05) is 41.0 Å². The summed E-state index contributed by atoms with van der Waals surface area (Å²) < 4.78 is 0. The van der Waals surface area contributed by atoms with Crippen LogP contribution < -0.4 is 5.32 Å². The zero-order valence-electron chi connectivity index (χ0n) is 12.7. The van der Waals surface area contributed by atoms with E-state index in [9.17, 15) is 0 Å². The summed E-state index contributed by atoms with van der Waals surface area (Å²) in [4.78, 5) is 16.1. The molecule has 4 rings (SSSR count). The summed E-state index contributed by atoms with van der Waals surface area (Å²) in [7, 11) is 0. The van der Waals surface area contributed by atoms with Crippen molar-refractivity contribution in [3.8, 4) is 11.3 Å². The molecule has 3 heterocycles. The van der Waals surface area contributed by atoms with Gasteiger partial charge in [-0.15, -0.1) is 0 Å². The zero-order valence-corrected chi connectivity index (χ0v) is 13.5. The van der Waals surface area contributed by atoms with E-state index in [1.165, 1.54) is 0 Å². The Hall–Kier alpha value is -2.92. The van der Waals surface area contributed by atoms with Crippen LogP contribution >= 0.6 is 11.6 Å². The molecule has 5 nitrogen and oxygen atoms in total. The van der Waals surface area contributed by atoms with Crippen molar-refractivity contribution < 1.29 is 0 Å². The Labute approximate surface area is 143 Å². The molecule has 0 unspecified atom stereocenters. The van der Waals surface area contributed by atoms with E-state index in [1.54, 1.807) is 12.5 Å². The maximum Gasteiger partial charge on any atom is 0.137 e. The highest BCUT2D eigenvalue weighted by molar-refractivity contribution is 6.30. The Balaban J connectivity index is 1.58. The summed E-state index contributed by atoms with van der Waals surface area (Å²) in [6.07, 6.45) is 5.25. The highest BCUT2D eigenvalue weighted by atomic mass is 35.5. The smallest absolute Gasteiger partial charge is 0.137 e. The first-order valence-electron chi connectivity index (χ1n) is 7.52. The second kappa shape index (κ2) is 6.29. The number of fused-ring (bicyclic) bond motifs is 1. The Bertz CT molecular complexity index is 978. The number of rotatable bonds is 4. The van der Waals surface area contributed by atoms with Gasteiger partial charge in [-0.3, -0.25) is 0 Å². The molecule has 118 valence electrons. The van der Waals surface area contributed by atoms with Crippen LogP contribution in [-0.4, -0.2) is 19.9 Å². The largest absolute Gasteiger partial charge is 0.366 e. The van der Waals surface area contributed by atoms with Crippen molar-refractivity contribution in [2.75, 3.05) is 5.32 Å². The van der Waals surface area contributed by atoms with Crippen molar-refractivity contribution in [2.24, 2.45) is 0 Å². The van der Waals surface area contributed by atoms with Crippen molar-refractivity contribution in [3.63, 3.8) is 0 Å². The summed E-state index contributed by atoms with van der Waals surface area (Å²) >= 11 is 5.91. The maximum atomic E-state index is 5.91. The molecule has 0 saturated carbocycles. The minimum absolute atomic E-state index is 0.670. The molecule has 0 aliphatic carbocycles. The SMILES string of the molecule is Clc1ccc(CNc2cc(-c3c[nH]c4ncccc34)ncn2)cc1. The van der Waals surface area contributed by atoms with Crippen LogP contribution in [0, 0.1) is 0 Å². The molecule has 2 N–H and O–H groups in total. The molecule has 0 amide bonds. The van der Waals surface area contributed by atoms with E-state index in [0.717, 1.165) is 38.7 Å². The Morgan fingerprint density at radius 3 is 2.79 bits per heavy atom. The summed E-state index contributed by atoms with van der Waals surface area (Å²) in [6, 6.07) is 13.6. The molecular weight excluding hydrogens is 322 g/mol. The van der Waals surface area contributed by atoms with Crippen LogP contribution in [0.5, 0.6) is 0 Å². The van der Waals surface area contributed by atoms with Crippen LogP contribution in [0.15, 0.2) is 61.2 Å². The molecular formula is C18H14ClN5. The molecule has 0 spiro atoms. The molecule has 0 bridgehead atoms. The van der Waals surface area contributed by atoms with Crippen molar-refractivity contribution in [1.82, 2.24) is 19.9 Å². The number of nitrogens with zero attached hydrogens (tertiary/aromatic N) is 3. The van der Waals surface area contributed by atoms with Gasteiger partial charge < -0.3 is 10.3 Å². The molecule has 4 aromatic rings. The van der Waals surface area contributed by atoms with Crippen LogP contribution in [-0.2, 0) is 6.54 Å². The average Bonchev–Trinajstić information content (AvgIpc) is 3.06. The Morgan fingerprint density at radius 1 is 1.04 bits per heavy atom. The van der Waals surface area contributed by atoms with Crippen molar-refractivity contribution >= 4 is 28.5 Å². The first-order valence-corrected chi connectivity index (χ1v) is 7.90. The van der Waals surface area contributed by atoms with Gasteiger partial charge in [0.1, 0.15) is 17.8 Å². The lowest BCUT2D eigenvalue weighted by atomic mass is 10.1. The third kappa shape index (κ3) is 2.94. The quantitative estimate of drug-likeness (QED) is 0.584. The van der Waals surface area contributed by atoms with Gasteiger partial charge in [-0.05, 0) is 29.8 Å². The Morgan fingerprint density at radius 2 is 1.92 bits per heavy atom. The van der Waals surface area contributed by atoms with E-state index in [0.29, 0.717) is 6.54 Å². The van der Waals surface area contributed by atoms with Gasteiger partial charge in [-0.1, -0.05) is 23.7 Å². The first kappa shape index (κ1) is 14.7. The molecule has 0 fully saturated rings. The number of halogens is 1. The van der Waals surface area contributed by atoms with Crippen LogP contribution in [0.4, 0.5) is 5.82 Å². The summed E-state index contributed by atoms with van der Waals surface area (Å²) in [5, 5.41) is 5.08. The lowest BCUT2D eigenvalue weighted by molar-refractivity contribution is 1.08. The number of hydrogen-bond donors (Lipinski definition) is 2. The standard InChI is InChI=1S/C18H14ClN5/c19-13-5-3-12(4-6-13)9-21-17-8-16(23-11-24-17)15-10-22-18-14(15)2-1-7-20-18/h1-8,10-11H,9H2,(H,20,22)(H,21,23,24). The van der Waals surface area contributed by atoms with E-state index in [-0.39, 0.29) is 0 Å². The topological polar surface area (TPSA) is 66.5 Å². The lowest BCUT2D eigenvalue weighted by Crippen LogP contribution is -2.01. The number of H-pyrrole nitrogens is 1. The number of aromatic amines is 1. The van der Waals surface area contributed by atoms with E-state index in [1.807, 2.05) is 48.7 Å². The molecule has 0 aliphatic heterocycles. The summed E-state index contributed by atoms with van der Waals surface area (Å²) in [6.45, 7) is 0.670. The minimum atomic E-state index is 0.670.